The minimum atomic E-state index is -0.532. The van der Waals surface area contributed by atoms with Crippen molar-refractivity contribution in [2.45, 2.75) is 31.1 Å². The van der Waals surface area contributed by atoms with E-state index < -0.39 is 5.41 Å². The van der Waals surface area contributed by atoms with Gasteiger partial charge in [-0.15, -0.1) is 0 Å². The summed E-state index contributed by atoms with van der Waals surface area (Å²) in [5, 5.41) is 20.6. The summed E-state index contributed by atoms with van der Waals surface area (Å²) in [4.78, 5) is 12.5. The third kappa shape index (κ3) is 2.26. The van der Waals surface area contributed by atoms with Gasteiger partial charge in [-0.3, -0.25) is 10.1 Å². The Morgan fingerprint density at radius 1 is 1.37 bits per heavy atom. The molecule has 1 fully saturated rings. The van der Waals surface area contributed by atoms with E-state index in [0.717, 1.165) is 31.2 Å². The number of anilines is 1. The molecule has 5 heteroatoms. The van der Waals surface area contributed by atoms with E-state index in [2.05, 4.69) is 6.07 Å². The summed E-state index contributed by atoms with van der Waals surface area (Å²) in [6, 6.07) is 7.54. The lowest BCUT2D eigenvalue weighted by molar-refractivity contribution is -0.384. The monoisotopic (exact) mass is 259 g/mol. The zero-order chi connectivity index (χ0) is 14.0. The summed E-state index contributed by atoms with van der Waals surface area (Å²) < 4.78 is 0. The van der Waals surface area contributed by atoms with Gasteiger partial charge in [-0.1, -0.05) is 18.9 Å². The van der Waals surface area contributed by atoms with Crippen molar-refractivity contribution in [2.24, 2.45) is 0 Å². The van der Waals surface area contributed by atoms with Crippen LogP contribution in [0.3, 0.4) is 0 Å². The van der Waals surface area contributed by atoms with Crippen LogP contribution in [0.1, 0.15) is 31.2 Å². The van der Waals surface area contributed by atoms with E-state index in [9.17, 15) is 15.4 Å². The van der Waals surface area contributed by atoms with Crippen LogP contribution < -0.4 is 4.90 Å². The molecule has 0 radical (unpaired) electrons. The first-order chi connectivity index (χ1) is 9.00. The molecular weight excluding hydrogens is 242 g/mol. The van der Waals surface area contributed by atoms with Crippen molar-refractivity contribution in [2.75, 3.05) is 19.0 Å². The quantitative estimate of drug-likeness (QED) is 0.618. The van der Waals surface area contributed by atoms with Gasteiger partial charge in [-0.05, 0) is 24.5 Å². The van der Waals surface area contributed by atoms with Gasteiger partial charge in [0.25, 0.3) is 5.69 Å². The highest BCUT2D eigenvalue weighted by atomic mass is 16.6. The van der Waals surface area contributed by atoms with Crippen LogP contribution in [-0.4, -0.2) is 19.0 Å². The van der Waals surface area contributed by atoms with Crippen LogP contribution in [-0.2, 0) is 5.41 Å². The number of rotatable bonds is 3. The second kappa shape index (κ2) is 4.88. The van der Waals surface area contributed by atoms with Crippen molar-refractivity contribution >= 4 is 11.4 Å². The molecule has 1 aromatic rings. The Balaban J connectivity index is 2.52. The molecule has 5 nitrogen and oxygen atoms in total. The van der Waals surface area contributed by atoms with Gasteiger partial charge in [0.15, 0.2) is 0 Å². The van der Waals surface area contributed by atoms with E-state index in [0.29, 0.717) is 5.69 Å². The molecule has 0 heterocycles. The summed E-state index contributed by atoms with van der Waals surface area (Å²) in [5.41, 5.74) is 0.893. The molecule has 1 saturated carbocycles. The van der Waals surface area contributed by atoms with Crippen molar-refractivity contribution in [3.8, 4) is 6.07 Å². The van der Waals surface area contributed by atoms with Crippen LogP contribution in [0, 0.1) is 21.4 Å². The van der Waals surface area contributed by atoms with E-state index in [1.807, 2.05) is 6.07 Å². The number of benzene rings is 1. The lowest BCUT2D eigenvalue weighted by Crippen LogP contribution is -2.20. The number of nitro benzene ring substituents is 1. The predicted molar refractivity (Wildman–Crippen MR) is 73.2 cm³/mol. The Morgan fingerprint density at radius 2 is 2.00 bits per heavy atom. The SMILES string of the molecule is CN(C)c1ccc(C2(C#N)CCCC2)cc1[N+](=O)[O-]. The Hall–Kier alpha value is -2.09. The number of nitro groups is 1. The Kier molecular flexibility index (Phi) is 3.43. The molecule has 0 N–H and O–H groups in total. The third-order valence-corrected chi connectivity index (χ3v) is 3.88. The maximum absolute atomic E-state index is 11.2. The molecule has 0 spiro atoms. The highest BCUT2D eigenvalue weighted by molar-refractivity contribution is 5.64. The number of nitrogens with zero attached hydrogens (tertiary/aromatic N) is 3. The highest BCUT2D eigenvalue weighted by Crippen LogP contribution is 2.42. The zero-order valence-electron chi connectivity index (χ0n) is 11.2. The summed E-state index contributed by atoms with van der Waals surface area (Å²) in [5.74, 6) is 0. The van der Waals surface area contributed by atoms with Gasteiger partial charge in [0.1, 0.15) is 5.69 Å². The van der Waals surface area contributed by atoms with E-state index >= 15 is 0 Å². The molecule has 0 aromatic heterocycles. The molecule has 1 aromatic carbocycles. The summed E-state index contributed by atoms with van der Waals surface area (Å²) in [7, 11) is 3.55. The van der Waals surface area contributed by atoms with Gasteiger partial charge in [-0.2, -0.15) is 5.26 Å². The molecule has 1 aliphatic carbocycles. The Labute approximate surface area is 112 Å². The summed E-state index contributed by atoms with van der Waals surface area (Å²) in [6.07, 6.45) is 3.61. The molecule has 0 aliphatic heterocycles. The molecule has 1 aliphatic rings. The maximum atomic E-state index is 11.2. The third-order valence-electron chi connectivity index (χ3n) is 3.88. The lowest BCUT2D eigenvalue weighted by Gasteiger charge is -2.22. The molecule has 0 unspecified atom stereocenters. The van der Waals surface area contributed by atoms with Crippen molar-refractivity contribution < 1.29 is 4.92 Å². The minimum Gasteiger partial charge on any atom is -0.372 e. The predicted octanol–water partition coefficient (Wildman–Crippen LogP) is 3.00. The summed E-state index contributed by atoms with van der Waals surface area (Å²) >= 11 is 0. The van der Waals surface area contributed by atoms with Crippen LogP contribution in [0.25, 0.3) is 0 Å². The van der Waals surface area contributed by atoms with E-state index in [1.54, 1.807) is 31.1 Å². The largest absolute Gasteiger partial charge is 0.372 e. The lowest BCUT2D eigenvalue weighted by atomic mass is 9.80. The first-order valence-corrected chi connectivity index (χ1v) is 6.38. The fourth-order valence-corrected chi connectivity index (χ4v) is 2.79. The molecule has 0 atom stereocenters. The Bertz CT molecular complexity index is 540. The number of hydrogen-bond acceptors (Lipinski definition) is 4. The molecule has 0 saturated heterocycles. The normalized spacial score (nSPS) is 16.9. The number of nitriles is 1. The topological polar surface area (TPSA) is 70.2 Å². The van der Waals surface area contributed by atoms with E-state index in [-0.39, 0.29) is 10.6 Å². The first-order valence-electron chi connectivity index (χ1n) is 6.38. The van der Waals surface area contributed by atoms with Crippen molar-refractivity contribution in [1.29, 1.82) is 5.26 Å². The maximum Gasteiger partial charge on any atom is 0.292 e. The minimum absolute atomic E-state index is 0.0732. The molecule has 100 valence electrons. The first kappa shape index (κ1) is 13.3. The second-order valence-electron chi connectivity index (χ2n) is 5.26. The Morgan fingerprint density at radius 3 is 2.47 bits per heavy atom. The smallest absolute Gasteiger partial charge is 0.292 e. The van der Waals surface area contributed by atoms with E-state index in [4.69, 9.17) is 0 Å². The average molecular weight is 259 g/mol. The van der Waals surface area contributed by atoms with Gasteiger partial charge in [-0.25, -0.2) is 0 Å². The second-order valence-corrected chi connectivity index (χ2v) is 5.26. The van der Waals surface area contributed by atoms with Gasteiger partial charge in [0.2, 0.25) is 0 Å². The van der Waals surface area contributed by atoms with Gasteiger partial charge in [0, 0.05) is 20.2 Å². The summed E-state index contributed by atoms with van der Waals surface area (Å²) in [6.45, 7) is 0. The van der Waals surface area contributed by atoms with Crippen LogP contribution in [0.4, 0.5) is 11.4 Å². The van der Waals surface area contributed by atoms with Crippen LogP contribution in [0.15, 0.2) is 18.2 Å². The zero-order valence-corrected chi connectivity index (χ0v) is 11.2. The van der Waals surface area contributed by atoms with Crippen molar-refractivity contribution in [1.82, 2.24) is 0 Å². The molecule has 0 amide bonds. The van der Waals surface area contributed by atoms with Gasteiger partial charge >= 0.3 is 0 Å². The van der Waals surface area contributed by atoms with Gasteiger partial charge in [0.05, 0.1) is 16.4 Å². The average Bonchev–Trinajstić information content (AvgIpc) is 2.87. The van der Waals surface area contributed by atoms with Crippen molar-refractivity contribution in [3.05, 3.63) is 33.9 Å². The standard InChI is InChI=1S/C14H17N3O2/c1-16(2)12-6-5-11(9-13(12)17(18)19)14(10-15)7-3-4-8-14/h5-6,9H,3-4,7-8H2,1-2H3. The van der Waals surface area contributed by atoms with Gasteiger partial charge < -0.3 is 4.90 Å². The van der Waals surface area contributed by atoms with Crippen LogP contribution >= 0.6 is 0 Å². The van der Waals surface area contributed by atoms with Crippen molar-refractivity contribution in [3.63, 3.8) is 0 Å². The molecule has 19 heavy (non-hydrogen) atoms. The molecule has 0 bridgehead atoms. The fraction of sp³-hybridized carbons (Fsp3) is 0.500. The van der Waals surface area contributed by atoms with Crippen LogP contribution in [0.5, 0.6) is 0 Å². The molecule has 2 rings (SSSR count). The van der Waals surface area contributed by atoms with Crippen LogP contribution in [0.2, 0.25) is 0 Å². The van der Waals surface area contributed by atoms with E-state index in [1.165, 1.54) is 0 Å². The molecular formula is C14H17N3O2. The number of hydrogen-bond donors (Lipinski definition) is 0. The highest BCUT2D eigenvalue weighted by Gasteiger charge is 2.37. The fourth-order valence-electron chi connectivity index (χ4n) is 2.79.